The summed E-state index contributed by atoms with van der Waals surface area (Å²) >= 11 is 1.45. The van der Waals surface area contributed by atoms with E-state index in [2.05, 4.69) is 9.71 Å². The van der Waals surface area contributed by atoms with Crippen molar-refractivity contribution < 1.29 is 22.3 Å². The number of nitrogens with one attached hydrogen (secondary N) is 1. The van der Waals surface area contributed by atoms with Crippen LogP contribution in [0.15, 0.2) is 52.7 Å². The number of anilines is 1. The number of thiazole rings is 1. The summed E-state index contributed by atoms with van der Waals surface area (Å²) in [6.07, 6.45) is 0. The van der Waals surface area contributed by atoms with Crippen molar-refractivity contribution in [1.82, 2.24) is 9.71 Å². The molecule has 0 radical (unpaired) electrons. The molecule has 7 nitrogen and oxygen atoms in total. The molecular formula is C23H26FN3O4S2. The fourth-order valence-corrected chi connectivity index (χ4v) is 5.40. The number of amides is 1. The van der Waals surface area contributed by atoms with Gasteiger partial charge in [0, 0.05) is 22.2 Å². The van der Waals surface area contributed by atoms with Crippen LogP contribution >= 0.6 is 11.3 Å². The number of aryl methyl sites for hydroxylation is 1. The first-order chi connectivity index (χ1) is 15.4. The molecule has 0 aliphatic carbocycles. The maximum atomic E-state index is 13.6. The van der Waals surface area contributed by atoms with Crippen molar-refractivity contribution in [1.29, 1.82) is 0 Å². The highest BCUT2D eigenvalue weighted by molar-refractivity contribution is 7.89. The van der Waals surface area contributed by atoms with Gasteiger partial charge in [0.15, 0.2) is 0 Å². The molecule has 0 atom stereocenters. The van der Waals surface area contributed by atoms with Gasteiger partial charge < -0.3 is 9.64 Å². The van der Waals surface area contributed by atoms with Crippen LogP contribution in [-0.4, -0.2) is 32.0 Å². The highest BCUT2D eigenvalue weighted by atomic mass is 32.2. The predicted octanol–water partition coefficient (Wildman–Crippen LogP) is 4.52. The van der Waals surface area contributed by atoms with Gasteiger partial charge in [-0.3, -0.25) is 4.79 Å². The van der Waals surface area contributed by atoms with Gasteiger partial charge >= 0.3 is 0 Å². The third kappa shape index (κ3) is 6.16. The van der Waals surface area contributed by atoms with E-state index in [1.807, 2.05) is 12.3 Å². The van der Waals surface area contributed by atoms with Crippen LogP contribution in [0.2, 0.25) is 0 Å². The topological polar surface area (TPSA) is 88.6 Å². The smallest absolute Gasteiger partial charge is 0.258 e. The quantitative estimate of drug-likeness (QED) is 0.525. The largest absolute Gasteiger partial charge is 0.495 e. The summed E-state index contributed by atoms with van der Waals surface area (Å²) in [4.78, 5) is 19.3. The first-order valence-electron chi connectivity index (χ1n) is 10.1. The van der Waals surface area contributed by atoms with E-state index in [0.717, 1.165) is 5.01 Å². The molecule has 176 valence electrons. The number of benzene rings is 2. The lowest BCUT2D eigenvalue weighted by atomic mass is 10.1. The molecule has 0 saturated heterocycles. The Labute approximate surface area is 197 Å². The first-order valence-corrected chi connectivity index (χ1v) is 12.5. The zero-order chi connectivity index (χ0) is 24.4. The normalized spacial score (nSPS) is 11.9. The number of hydrogen-bond donors (Lipinski definition) is 1. The molecule has 0 spiro atoms. The summed E-state index contributed by atoms with van der Waals surface area (Å²) in [5, 5.41) is 2.69. The van der Waals surface area contributed by atoms with Crippen molar-refractivity contribution in [2.45, 2.75) is 44.7 Å². The second kappa shape index (κ2) is 9.58. The van der Waals surface area contributed by atoms with Crippen molar-refractivity contribution in [3.63, 3.8) is 0 Å². The van der Waals surface area contributed by atoms with Crippen LogP contribution in [-0.2, 0) is 16.6 Å². The molecule has 1 N–H and O–H groups in total. The third-order valence-corrected chi connectivity index (χ3v) is 7.11. The molecule has 1 aromatic heterocycles. The summed E-state index contributed by atoms with van der Waals surface area (Å²) in [7, 11) is -2.61. The van der Waals surface area contributed by atoms with Crippen LogP contribution in [0.25, 0.3) is 0 Å². The minimum absolute atomic E-state index is 0.117. The van der Waals surface area contributed by atoms with Crippen molar-refractivity contribution in [3.8, 4) is 5.75 Å². The van der Waals surface area contributed by atoms with E-state index in [1.54, 1.807) is 20.8 Å². The van der Waals surface area contributed by atoms with E-state index in [1.165, 1.54) is 65.8 Å². The van der Waals surface area contributed by atoms with Crippen LogP contribution in [0.1, 0.15) is 41.8 Å². The second-order valence-electron chi connectivity index (χ2n) is 8.45. The van der Waals surface area contributed by atoms with Gasteiger partial charge in [-0.1, -0.05) is 0 Å². The molecule has 0 fully saturated rings. The van der Waals surface area contributed by atoms with Gasteiger partial charge in [-0.15, -0.1) is 11.3 Å². The first kappa shape index (κ1) is 24.8. The molecule has 0 aliphatic heterocycles. The van der Waals surface area contributed by atoms with E-state index in [-0.39, 0.29) is 22.8 Å². The molecule has 0 unspecified atom stereocenters. The van der Waals surface area contributed by atoms with Gasteiger partial charge in [-0.2, -0.15) is 0 Å². The Hall–Kier alpha value is -2.82. The number of carbonyl (C=O) groups is 1. The van der Waals surface area contributed by atoms with Crippen molar-refractivity contribution >= 4 is 33.0 Å². The van der Waals surface area contributed by atoms with Crippen LogP contribution in [0.5, 0.6) is 5.75 Å². The predicted molar refractivity (Wildman–Crippen MR) is 127 cm³/mol. The van der Waals surface area contributed by atoms with Gasteiger partial charge in [-0.05, 0) is 70.2 Å². The number of carbonyl (C=O) groups excluding carboxylic acids is 1. The fourth-order valence-electron chi connectivity index (χ4n) is 3.18. The van der Waals surface area contributed by atoms with Crippen molar-refractivity contribution in [2.75, 3.05) is 12.0 Å². The number of sulfonamides is 1. The van der Waals surface area contributed by atoms with E-state index < -0.39 is 27.3 Å². The molecule has 10 heteroatoms. The third-order valence-electron chi connectivity index (χ3n) is 4.51. The van der Waals surface area contributed by atoms with Gasteiger partial charge in [0.05, 0.1) is 24.4 Å². The average Bonchev–Trinajstić information content (AvgIpc) is 3.15. The number of ether oxygens (including phenoxy) is 1. The number of hydrogen-bond acceptors (Lipinski definition) is 6. The number of methoxy groups -OCH3 is 1. The Morgan fingerprint density at radius 2 is 1.85 bits per heavy atom. The maximum absolute atomic E-state index is 13.6. The van der Waals surface area contributed by atoms with Gasteiger partial charge in [0.25, 0.3) is 5.91 Å². The van der Waals surface area contributed by atoms with E-state index in [4.69, 9.17) is 4.74 Å². The molecule has 3 rings (SSSR count). The highest BCUT2D eigenvalue weighted by Gasteiger charge is 2.28. The van der Waals surface area contributed by atoms with E-state index in [9.17, 15) is 17.6 Å². The molecule has 0 bridgehead atoms. The van der Waals surface area contributed by atoms with E-state index in [0.29, 0.717) is 11.4 Å². The van der Waals surface area contributed by atoms with Crippen LogP contribution in [0, 0.1) is 12.7 Å². The lowest BCUT2D eigenvalue weighted by Gasteiger charge is -2.24. The van der Waals surface area contributed by atoms with Crippen LogP contribution in [0.4, 0.5) is 10.1 Å². The Balaban J connectivity index is 2.06. The van der Waals surface area contributed by atoms with Crippen molar-refractivity contribution in [2.24, 2.45) is 0 Å². The molecular weight excluding hydrogens is 465 g/mol. The lowest BCUT2D eigenvalue weighted by molar-refractivity contribution is 0.0984. The molecule has 1 amide bonds. The number of aromatic nitrogens is 1. The standard InChI is InChI=1S/C23H26FN3O4S2/c1-15-25-18(14-32-15)13-27(19-9-7-17(24)8-10-19)22(28)16-6-11-20(31-5)21(12-16)33(29,30)26-23(2,3)4/h6-12,14,26H,13H2,1-5H3. The monoisotopic (exact) mass is 491 g/mol. The van der Waals surface area contributed by atoms with Gasteiger partial charge in [0.2, 0.25) is 10.0 Å². The fraction of sp³-hybridized carbons (Fsp3) is 0.304. The second-order valence-corrected chi connectivity index (χ2v) is 11.2. The van der Waals surface area contributed by atoms with Crippen LogP contribution < -0.4 is 14.4 Å². The lowest BCUT2D eigenvalue weighted by Crippen LogP contribution is -2.40. The Morgan fingerprint density at radius 3 is 2.39 bits per heavy atom. The molecule has 33 heavy (non-hydrogen) atoms. The maximum Gasteiger partial charge on any atom is 0.258 e. The Bertz CT molecular complexity index is 1250. The Kier molecular flexibility index (Phi) is 7.20. The average molecular weight is 492 g/mol. The molecule has 0 saturated carbocycles. The van der Waals surface area contributed by atoms with Crippen LogP contribution in [0.3, 0.4) is 0 Å². The molecule has 2 aromatic carbocycles. The summed E-state index contributed by atoms with van der Waals surface area (Å²) in [6.45, 7) is 7.17. The highest BCUT2D eigenvalue weighted by Crippen LogP contribution is 2.28. The van der Waals surface area contributed by atoms with Crippen molar-refractivity contribution in [3.05, 3.63) is 69.9 Å². The summed E-state index contributed by atoms with van der Waals surface area (Å²) in [5.74, 6) is -0.768. The SMILES string of the molecule is COc1ccc(C(=O)N(Cc2csc(C)n2)c2ccc(F)cc2)cc1S(=O)(=O)NC(C)(C)C. The minimum Gasteiger partial charge on any atom is -0.495 e. The summed E-state index contributed by atoms with van der Waals surface area (Å²) in [6, 6.07) is 9.75. The molecule has 1 heterocycles. The summed E-state index contributed by atoms with van der Waals surface area (Å²) in [5.41, 5.74) is 0.541. The Morgan fingerprint density at radius 1 is 1.18 bits per heavy atom. The molecule has 3 aromatic rings. The molecule has 0 aliphatic rings. The number of halogens is 1. The van der Waals surface area contributed by atoms with Gasteiger partial charge in [0.1, 0.15) is 16.5 Å². The van der Waals surface area contributed by atoms with E-state index >= 15 is 0 Å². The number of rotatable bonds is 7. The zero-order valence-corrected chi connectivity index (χ0v) is 20.7. The zero-order valence-electron chi connectivity index (χ0n) is 19.0. The van der Waals surface area contributed by atoms with Gasteiger partial charge in [-0.25, -0.2) is 22.5 Å². The number of nitrogens with zero attached hydrogens (tertiary/aromatic N) is 2. The summed E-state index contributed by atoms with van der Waals surface area (Å²) < 4.78 is 47.3. The minimum atomic E-state index is -3.97.